The Kier molecular flexibility index (Phi) is 29.6. The van der Waals surface area contributed by atoms with Gasteiger partial charge in [-0.25, -0.2) is 9.78 Å². The number of nitrogens with one attached hydrogen (secondary N) is 10. The zero-order valence-electron chi connectivity index (χ0n) is 45.1. The first kappa shape index (κ1) is 65.2. The summed E-state index contributed by atoms with van der Waals surface area (Å²) in [5.74, 6) is -8.56. The van der Waals surface area contributed by atoms with Gasteiger partial charge in [0.15, 0.2) is 0 Å². The summed E-state index contributed by atoms with van der Waals surface area (Å²) < 4.78 is 0. The number of carboxylic acids is 1. The second-order valence-electron chi connectivity index (χ2n) is 20.2. The number of nitrogens with zero attached hydrogens (tertiary/aromatic N) is 1. The molecule has 0 aromatic carbocycles. The SMILES string of the molecule is CC[C@H](C)[C@H](N)C(=O)N[C@@H](CCSC)C(=O)N[C@H](C(=O)NCC(=O)N[C@@H](Cc1cnc[nH]1)C(=O)N[C@@H](CC(C)C)C(=O)N[C@@H](CC(C)C)C(=O)N[C@H](C(=O)NCC(=O)N[C@H](C(=O)O)C(C)C)C(C)C)[C@@H](C)CC. The van der Waals surface area contributed by atoms with Crippen LogP contribution in [0.2, 0.25) is 0 Å². The van der Waals surface area contributed by atoms with E-state index < -0.39 is 138 Å². The van der Waals surface area contributed by atoms with Crippen LogP contribution in [0.4, 0.5) is 0 Å². The average molecular weight is 1050 g/mol. The Morgan fingerprint density at radius 2 is 1.03 bits per heavy atom. The fourth-order valence-electron chi connectivity index (χ4n) is 7.34. The maximum atomic E-state index is 14.1. The predicted octanol–water partition coefficient (Wildman–Crippen LogP) is 0.240. The lowest BCUT2D eigenvalue weighted by Gasteiger charge is -2.29. The number of carbonyl (C=O) groups excluding carboxylic acids is 9. The van der Waals surface area contributed by atoms with Crippen LogP contribution < -0.4 is 53.6 Å². The Morgan fingerprint density at radius 1 is 0.575 bits per heavy atom. The summed E-state index contributed by atoms with van der Waals surface area (Å²) in [6.45, 7) is 20.1. The first-order valence-corrected chi connectivity index (χ1v) is 26.7. The summed E-state index contributed by atoms with van der Waals surface area (Å²) in [6.07, 6.45) is 6.25. The normalized spacial score (nSPS) is 15.5. The minimum atomic E-state index is -1.30. The molecule has 1 aromatic heterocycles. The predicted molar refractivity (Wildman–Crippen MR) is 278 cm³/mol. The van der Waals surface area contributed by atoms with Crippen molar-refractivity contribution >= 4 is 70.9 Å². The third kappa shape index (κ3) is 23.8. The second-order valence-corrected chi connectivity index (χ2v) is 21.2. The van der Waals surface area contributed by atoms with E-state index in [0.717, 1.165) is 0 Å². The van der Waals surface area contributed by atoms with E-state index in [2.05, 4.69) is 57.8 Å². The highest BCUT2D eigenvalue weighted by Gasteiger charge is 2.35. The minimum Gasteiger partial charge on any atom is -0.480 e. The standard InChI is InChI=1S/C49H86N12O11S/c1-14-29(11)38(50)46(68)56-32(16-17-73-13)42(64)61-41(30(12)15-2)48(70)53-22-36(62)55-35(20-31-21-51-24-54-31)44(66)57-33(18-25(3)4)43(65)58-34(19-26(5)6)45(67)60-39(27(7)8)47(69)52-23-37(63)59-40(28(9)10)49(71)72/h21,24-30,32-35,38-41H,14-20,22-23,50H2,1-13H3,(H,51,54)(H,52,69)(H,53,70)(H,55,62)(H,56,68)(H,57,66)(H,58,65)(H,59,63)(H,60,67)(H,61,64)(H,71,72)/t29-,30-,32-,33-,34-,35-,38-,39-,40-,41-/m0/s1. The summed E-state index contributed by atoms with van der Waals surface area (Å²) in [6, 6.07) is -8.94. The average Bonchev–Trinajstić information content (AvgIpc) is 3.84. The fourth-order valence-corrected chi connectivity index (χ4v) is 7.81. The van der Waals surface area contributed by atoms with Crippen molar-refractivity contribution in [2.24, 2.45) is 41.2 Å². The van der Waals surface area contributed by atoms with E-state index >= 15 is 0 Å². The number of hydrogen-bond donors (Lipinski definition) is 12. The Bertz CT molecular complexity index is 1970. The molecular weight excluding hydrogens is 965 g/mol. The fraction of sp³-hybridized carbons (Fsp3) is 0.735. The zero-order valence-corrected chi connectivity index (χ0v) is 45.9. The number of rotatable bonds is 34. The second kappa shape index (κ2) is 33.1. The monoisotopic (exact) mass is 1050 g/mol. The number of H-pyrrole nitrogens is 1. The molecule has 0 aliphatic rings. The molecule has 1 rings (SSSR count). The topological polar surface area (TPSA) is 354 Å². The van der Waals surface area contributed by atoms with Gasteiger partial charge in [-0.05, 0) is 66.8 Å². The minimum absolute atomic E-state index is 0.104. The van der Waals surface area contributed by atoms with E-state index in [1.54, 1.807) is 34.6 Å². The highest BCUT2D eigenvalue weighted by molar-refractivity contribution is 7.98. The number of aromatic amines is 1. The maximum Gasteiger partial charge on any atom is 0.326 e. The van der Waals surface area contributed by atoms with Crippen molar-refractivity contribution in [3.05, 3.63) is 18.2 Å². The van der Waals surface area contributed by atoms with Crippen LogP contribution in [0, 0.1) is 35.5 Å². The molecule has 10 atom stereocenters. The molecule has 0 saturated heterocycles. The van der Waals surface area contributed by atoms with Crippen LogP contribution in [0.3, 0.4) is 0 Å². The van der Waals surface area contributed by atoms with Crippen molar-refractivity contribution in [1.82, 2.24) is 57.8 Å². The van der Waals surface area contributed by atoms with Crippen molar-refractivity contribution in [3.8, 4) is 0 Å². The summed E-state index contributed by atoms with van der Waals surface area (Å²) in [4.78, 5) is 140. The van der Waals surface area contributed by atoms with Gasteiger partial charge in [0.25, 0.3) is 0 Å². The third-order valence-electron chi connectivity index (χ3n) is 12.2. The molecule has 13 N–H and O–H groups in total. The molecular formula is C49H86N12O11S. The molecule has 24 heteroatoms. The lowest BCUT2D eigenvalue weighted by atomic mass is 9.97. The number of carboxylic acid groups (broad SMARTS) is 1. The van der Waals surface area contributed by atoms with Crippen LogP contribution in [0.15, 0.2) is 12.5 Å². The third-order valence-corrected chi connectivity index (χ3v) is 12.9. The molecule has 0 saturated carbocycles. The van der Waals surface area contributed by atoms with Crippen LogP contribution >= 0.6 is 11.8 Å². The van der Waals surface area contributed by atoms with E-state index in [4.69, 9.17) is 5.73 Å². The van der Waals surface area contributed by atoms with Gasteiger partial charge >= 0.3 is 5.97 Å². The quantitative estimate of drug-likeness (QED) is 0.0440. The molecule has 0 fully saturated rings. The lowest BCUT2D eigenvalue weighted by molar-refractivity contribution is -0.143. The molecule has 0 radical (unpaired) electrons. The van der Waals surface area contributed by atoms with E-state index in [1.807, 2.05) is 54.7 Å². The number of amides is 9. The van der Waals surface area contributed by atoms with E-state index in [9.17, 15) is 53.1 Å². The van der Waals surface area contributed by atoms with Crippen molar-refractivity contribution in [1.29, 1.82) is 0 Å². The number of nitrogens with two attached hydrogens (primary N) is 1. The van der Waals surface area contributed by atoms with Gasteiger partial charge < -0.3 is 63.7 Å². The largest absolute Gasteiger partial charge is 0.480 e. The summed E-state index contributed by atoms with van der Waals surface area (Å²) in [5, 5.41) is 33.1. The summed E-state index contributed by atoms with van der Waals surface area (Å²) >= 11 is 1.48. The van der Waals surface area contributed by atoms with Gasteiger partial charge in [-0.2, -0.15) is 11.8 Å². The molecule has 9 amide bonds. The van der Waals surface area contributed by atoms with Crippen LogP contribution in [0.1, 0.15) is 121 Å². The number of aliphatic carboxylic acids is 1. The van der Waals surface area contributed by atoms with Gasteiger partial charge in [0.05, 0.1) is 25.5 Å². The van der Waals surface area contributed by atoms with Crippen LogP contribution in [0.25, 0.3) is 0 Å². The highest BCUT2D eigenvalue weighted by atomic mass is 32.2. The van der Waals surface area contributed by atoms with Crippen LogP contribution in [0.5, 0.6) is 0 Å². The first-order valence-electron chi connectivity index (χ1n) is 25.3. The molecule has 414 valence electrons. The number of thioether (sulfide) groups is 1. The van der Waals surface area contributed by atoms with Gasteiger partial charge in [0, 0.05) is 18.3 Å². The van der Waals surface area contributed by atoms with Gasteiger partial charge in [0.2, 0.25) is 53.2 Å². The molecule has 73 heavy (non-hydrogen) atoms. The van der Waals surface area contributed by atoms with Gasteiger partial charge in [-0.15, -0.1) is 0 Å². The van der Waals surface area contributed by atoms with Crippen molar-refractivity contribution < 1.29 is 53.1 Å². The highest BCUT2D eigenvalue weighted by Crippen LogP contribution is 2.14. The van der Waals surface area contributed by atoms with Crippen molar-refractivity contribution in [2.75, 3.05) is 25.1 Å². The van der Waals surface area contributed by atoms with Crippen LogP contribution in [-0.4, -0.2) is 148 Å². The molecule has 1 heterocycles. The van der Waals surface area contributed by atoms with Crippen molar-refractivity contribution in [3.63, 3.8) is 0 Å². The number of aromatic nitrogens is 2. The summed E-state index contributed by atoms with van der Waals surface area (Å²) in [5.41, 5.74) is 6.60. The number of carbonyl (C=O) groups is 10. The number of imidazole rings is 1. The Balaban J connectivity index is 3.28. The van der Waals surface area contributed by atoms with Gasteiger partial charge in [-0.3, -0.25) is 43.2 Å². The summed E-state index contributed by atoms with van der Waals surface area (Å²) in [7, 11) is 0. The molecule has 23 nitrogen and oxygen atoms in total. The smallest absolute Gasteiger partial charge is 0.326 e. The molecule has 0 unspecified atom stereocenters. The molecule has 0 aliphatic carbocycles. The van der Waals surface area contributed by atoms with Crippen molar-refractivity contribution in [2.45, 2.75) is 170 Å². The van der Waals surface area contributed by atoms with E-state index in [-0.39, 0.29) is 43.4 Å². The van der Waals surface area contributed by atoms with E-state index in [1.165, 1.54) is 24.3 Å². The molecule has 1 aromatic rings. The van der Waals surface area contributed by atoms with Gasteiger partial charge in [0.1, 0.15) is 42.3 Å². The molecule has 0 spiro atoms. The lowest BCUT2D eigenvalue weighted by Crippen LogP contribution is -2.60. The molecule has 0 aliphatic heterocycles. The Hall–Kier alpha value is -5.78. The zero-order chi connectivity index (χ0) is 55.7. The first-order chi connectivity index (χ1) is 34.2. The van der Waals surface area contributed by atoms with Gasteiger partial charge in [-0.1, -0.05) is 95.9 Å². The molecule has 0 bridgehead atoms. The Morgan fingerprint density at radius 3 is 1.48 bits per heavy atom. The maximum absolute atomic E-state index is 14.1. The number of hydrogen-bond acceptors (Lipinski definition) is 13. The van der Waals surface area contributed by atoms with Crippen LogP contribution in [-0.2, 0) is 54.4 Å². The van der Waals surface area contributed by atoms with E-state index in [0.29, 0.717) is 24.3 Å². The Labute approximate surface area is 434 Å².